The maximum atomic E-state index is 5.45. The van der Waals surface area contributed by atoms with E-state index in [4.69, 9.17) is 5.73 Å². The predicted octanol–water partition coefficient (Wildman–Crippen LogP) is 1.46. The molecule has 0 atom stereocenters. The first-order chi connectivity index (χ1) is 5.34. The lowest BCUT2D eigenvalue weighted by Crippen LogP contribution is -1.85. The van der Waals surface area contributed by atoms with Gasteiger partial charge in [-0.2, -0.15) is 0 Å². The van der Waals surface area contributed by atoms with Gasteiger partial charge in [0.1, 0.15) is 5.01 Å². The van der Waals surface area contributed by atoms with Crippen molar-refractivity contribution >= 4 is 16.5 Å². The Labute approximate surface area is 69.6 Å². The number of anilines is 1. The highest BCUT2D eigenvalue weighted by atomic mass is 32.1. The molecule has 3 nitrogen and oxygen atoms in total. The number of nitrogens with zero attached hydrogens (tertiary/aromatic N) is 2. The number of aryl methyl sites for hydroxylation is 1. The fourth-order valence-corrected chi connectivity index (χ4v) is 1.73. The molecule has 60 valence electrons. The van der Waals surface area contributed by atoms with Gasteiger partial charge in [0.05, 0.1) is 0 Å². The Morgan fingerprint density at radius 3 is 2.82 bits per heavy atom. The average molecular weight is 169 g/mol. The van der Waals surface area contributed by atoms with E-state index in [1.807, 2.05) is 0 Å². The third-order valence-corrected chi connectivity index (χ3v) is 2.76. The van der Waals surface area contributed by atoms with E-state index in [0.717, 1.165) is 17.3 Å². The van der Waals surface area contributed by atoms with E-state index in [9.17, 15) is 0 Å². The van der Waals surface area contributed by atoms with Crippen molar-refractivity contribution in [2.45, 2.75) is 25.7 Å². The largest absolute Gasteiger partial charge is 0.374 e. The van der Waals surface area contributed by atoms with Crippen molar-refractivity contribution < 1.29 is 0 Å². The highest BCUT2D eigenvalue weighted by Crippen LogP contribution is 2.33. The Kier molecular flexibility index (Phi) is 1.77. The SMILES string of the molecule is Nc1nnc(CCC2CC2)s1. The van der Waals surface area contributed by atoms with E-state index in [1.54, 1.807) is 0 Å². The first-order valence-corrected chi connectivity index (χ1v) is 4.74. The first kappa shape index (κ1) is 7.03. The van der Waals surface area contributed by atoms with E-state index in [-0.39, 0.29) is 0 Å². The highest BCUT2D eigenvalue weighted by molar-refractivity contribution is 7.15. The maximum absolute atomic E-state index is 5.45. The van der Waals surface area contributed by atoms with Gasteiger partial charge in [0, 0.05) is 6.42 Å². The summed E-state index contributed by atoms with van der Waals surface area (Å²) < 4.78 is 0. The average Bonchev–Trinajstić information content (AvgIpc) is 2.72. The van der Waals surface area contributed by atoms with Gasteiger partial charge in [0.2, 0.25) is 5.13 Å². The molecule has 0 bridgehead atoms. The van der Waals surface area contributed by atoms with Gasteiger partial charge in [-0.3, -0.25) is 0 Å². The zero-order valence-corrected chi connectivity index (χ0v) is 7.10. The Hall–Kier alpha value is -0.640. The molecule has 0 spiro atoms. The molecule has 1 aromatic heterocycles. The second-order valence-corrected chi connectivity index (χ2v) is 4.11. The van der Waals surface area contributed by atoms with Gasteiger partial charge in [-0.05, 0) is 12.3 Å². The molecule has 0 amide bonds. The molecule has 11 heavy (non-hydrogen) atoms. The number of aromatic nitrogens is 2. The van der Waals surface area contributed by atoms with Crippen molar-refractivity contribution in [3.05, 3.63) is 5.01 Å². The molecule has 4 heteroatoms. The summed E-state index contributed by atoms with van der Waals surface area (Å²) in [5.41, 5.74) is 5.45. The standard InChI is InChI=1S/C7H11N3S/c8-7-10-9-6(11-7)4-3-5-1-2-5/h5H,1-4H2,(H2,8,10). The van der Waals surface area contributed by atoms with Crippen LogP contribution in [-0.2, 0) is 6.42 Å². The van der Waals surface area contributed by atoms with E-state index in [1.165, 1.54) is 30.6 Å². The molecule has 0 unspecified atom stereocenters. The van der Waals surface area contributed by atoms with Gasteiger partial charge in [-0.1, -0.05) is 24.2 Å². The van der Waals surface area contributed by atoms with Crippen LogP contribution in [0.5, 0.6) is 0 Å². The van der Waals surface area contributed by atoms with Gasteiger partial charge < -0.3 is 5.73 Å². The molecule has 0 saturated heterocycles. The van der Waals surface area contributed by atoms with Crippen molar-refractivity contribution in [1.82, 2.24) is 10.2 Å². The molecule has 1 fully saturated rings. The number of hydrogen-bond donors (Lipinski definition) is 1. The van der Waals surface area contributed by atoms with E-state index >= 15 is 0 Å². The number of hydrogen-bond acceptors (Lipinski definition) is 4. The number of rotatable bonds is 3. The minimum atomic E-state index is 0.593. The quantitative estimate of drug-likeness (QED) is 0.745. The van der Waals surface area contributed by atoms with Crippen LogP contribution in [0, 0.1) is 5.92 Å². The van der Waals surface area contributed by atoms with Gasteiger partial charge in [0.25, 0.3) is 0 Å². The smallest absolute Gasteiger partial charge is 0.203 e. The van der Waals surface area contributed by atoms with Gasteiger partial charge in [0.15, 0.2) is 0 Å². The van der Waals surface area contributed by atoms with Crippen LogP contribution in [0.2, 0.25) is 0 Å². The first-order valence-electron chi connectivity index (χ1n) is 3.92. The summed E-state index contributed by atoms with van der Waals surface area (Å²) >= 11 is 1.51. The van der Waals surface area contributed by atoms with Crippen LogP contribution in [0.15, 0.2) is 0 Å². The molecule has 1 aromatic rings. The Morgan fingerprint density at radius 1 is 1.45 bits per heavy atom. The summed E-state index contributed by atoms with van der Waals surface area (Å²) in [5, 5.41) is 9.41. The Bertz CT molecular complexity index is 242. The summed E-state index contributed by atoms with van der Waals surface area (Å²) in [6.45, 7) is 0. The van der Waals surface area contributed by atoms with Crippen LogP contribution in [-0.4, -0.2) is 10.2 Å². The molecule has 1 heterocycles. The fraction of sp³-hybridized carbons (Fsp3) is 0.714. The van der Waals surface area contributed by atoms with Crippen LogP contribution in [0.25, 0.3) is 0 Å². The van der Waals surface area contributed by atoms with Gasteiger partial charge >= 0.3 is 0 Å². The summed E-state index contributed by atoms with van der Waals surface area (Å²) in [6.07, 6.45) is 5.16. The molecule has 1 aliphatic carbocycles. The number of nitrogen functional groups attached to an aromatic ring is 1. The maximum Gasteiger partial charge on any atom is 0.203 e. The molecule has 2 N–H and O–H groups in total. The van der Waals surface area contributed by atoms with Crippen molar-refractivity contribution in [1.29, 1.82) is 0 Å². The highest BCUT2D eigenvalue weighted by Gasteiger charge is 2.21. The van der Waals surface area contributed by atoms with Crippen LogP contribution < -0.4 is 5.73 Å². The Balaban J connectivity index is 1.85. The number of nitrogens with two attached hydrogens (primary N) is 1. The van der Waals surface area contributed by atoms with Crippen molar-refractivity contribution in [3.8, 4) is 0 Å². The van der Waals surface area contributed by atoms with Crippen LogP contribution in [0.3, 0.4) is 0 Å². The molecule has 0 aliphatic heterocycles. The normalized spacial score (nSPS) is 17.1. The minimum Gasteiger partial charge on any atom is -0.374 e. The Morgan fingerprint density at radius 2 is 2.27 bits per heavy atom. The summed E-state index contributed by atoms with van der Waals surface area (Å²) in [5.74, 6) is 0.972. The molecule has 0 aromatic carbocycles. The molecular formula is C7H11N3S. The summed E-state index contributed by atoms with van der Waals surface area (Å²) in [6, 6.07) is 0. The lowest BCUT2D eigenvalue weighted by molar-refractivity contribution is 0.717. The zero-order chi connectivity index (χ0) is 7.68. The third-order valence-electron chi connectivity index (χ3n) is 1.95. The van der Waals surface area contributed by atoms with Crippen LogP contribution >= 0.6 is 11.3 Å². The summed E-state index contributed by atoms with van der Waals surface area (Å²) in [7, 11) is 0. The van der Waals surface area contributed by atoms with E-state index < -0.39 is 0 Å². The monoisotopic (exact) mass is 169 g/mol. The van der Waals surface area contributed by atoms with Gasteiger partial charge in [-0.25, -0.2) is 0 Å². The lowest BCUT2D eigenvalue weighted by atomic mass is 10.2. The molecule has 1 saturated carbocycles. The van der Waals surface area contributed by atoms with Crippen LogP contribution in [0.1, 0.15) is 24.3 Å². The van der Waals surface area contributed by atoms with E-state index in [0.29, 0.717) is 5.13 Å². The summed E-state index contributed by atoms with van der Waals surface area (Å²) in [4.78, 5) is 0. The molecule has 2 rings (SSSR count). The lowest BCUT2D eigenvalue weighted by Gasteiger charge is -1.90. The molecule has 1 aliphatic rings. The second-order valence-electron chi connectivity index (χ2n) is 3.02. The van der Waals surface area contributed by atoms with Crippen molar-refractivity contribution in [2.24, 2.45) is 5.92 Å². The van der Waals surface area contributed by atoms with E-state index in [2.05, 4.69) is 10.2 Å². The zero-order valence-electron chi connectivity index (χ0n) is 6.29. The molecular weight excluding hydrogens is 158 g/mol. The van der Waals surface area contributed by atoms with Crippen molar-refractivity contribution in [2.75, 3.05) is 5.73 Å². The second kappa shape index (κ2) is 2.77. The minimum absolute atomic E-state index is 0.593. The van der Waals surface area contributed by atoms with Crippen molar-refractivity contribution in [3.63, 3.8) is 0 Å². The van der Waals surface area contributed by atoms with Crippen LogP contribution in [0.4, 0.5) is 5.13 Å². The van der Waals surface area contributed by atoms with Gasteiger partial charge in [-0.15, -0.1) is 10.2 Å². The predicted molar refractivity (Wildman–Crippen MR) is 45.4 cm³/mol. The third kappa shape index (κ3) is 1.89. The topological polar surface area (TPSA) is 51.8 Å². The fourth-order valence-electron chi connectivity index (χ4n) is 1.10. The molecule has 0 radical (unpaired) electrons.